The Bertz CT molecular complexity index is 1500. The number of nitrogens with one attached hydrogen (secondary N) is 1. The maximum absolute atomic E-state index is 13.1. The molecular weight excluding hydrogens is 458 g/mol. The van der Waals surface area contributed by atoms with E-state index in [1.807, 2.05) is 38.1 Å². The Morgan fingerprint density at radius 1 is 1.17 bits per heavy atom. The molecule has 1 saturated carbocycles. The van der Waals surface area contributed by atoms with Gasteiger partial charge in [0.25, 0.3) is 11.5 Å². The van der Waals surface area contributed by atoms with Crippen LogP contribution >= 0.6 is 0 Å². The second-order valence-electron chi connectivity index (χ2n) is 9.81. The highest BCUT2D eigenvalue weighted by molar-refractivity contribution is 5.93. The van der Waals surface area contributed by atoms with Gasteiger partial charge in [0, 0.05) is 25.0 Å². The standard InChI is InChI=1S/C26H27N7O3/c1-16(2)33-23-18(12-29-33)11-28-22(30-23)24(34)31-26(8-9-26)19-5-3-17(4-6-19)21-13-27-15-32(25(21)35)20-7-10-36-14-20/h3-6,11-13,15-16,20H,7-10,14H2,1-2H3,(H,31,34)/t20-/m1/s1. The summed E-state index contributed by atoms with van der Waals surface area (Å²) >= 11 is 0. The van der Waals surface area contributed by atoms with Crippen molar-refractivity contribution in [2.24, 2.45) is 0 Å². The fourth-order valence-corrected chi connectivity index (χ4v) is 4.80. The second kappa shape index (κ2) is 8.63. The summed E-state index contributed by atoms with van der Waals surface area (Å²) in [6, 6.07) is 7.91. The first-order valence-corrected chi connectivity index (χ1v) is 12.2. The van der Waals surface area contributed by atoms with E-state index in [9.17, 15) is 9.59 Å². The predicted octanol–water partition coefficient (Wildman–Crippen LogP) is 3.01. The molecule has 3 aromatic heterocycles. The Balaban J connectivity index is 1.23. The molecule has 1 atom stereocenters. The number of amides is 1. The van der Waals surface area contributed by atoms with E-state index in [0.29, 0.717) is 24.4 Å². The largest absolute Gasteiger partial charge is 0.379 e. The molecule has 10 nitrogen and oxygen atoms in total. The molecule has 2 fully saturated rings. The van der Waals surface area contributed by atoms with Crippen LogP contribution in [0.1, 0.15) is 61.4 Å². The minimum Gasteiger partial charge on any atom is -0.379 e. The number of carbonyl (C=O) groups is 1. The van der Waals surface area contributed by atoms with Gasteiger partial charge < -0.3 is 10.1 Å². The van der Waals surface area contributed by atoms with E-state index >= 15 is 0 Å². The Kier molecular flexibility index (Phi) is 5.40. The van der Waals surface area contributed by atoms with Gasteiger partial charge in [0.05, 0.1) is 41.7 Å². The second-order valence-corrected chi connectivity index (χ2v) is 9.81. The Hall–Kier alpha value is -3.92. The van der Waals surface area contributed by atoms with Gasteiger partial charge in [-0.1, -0.05) is 24.3 Å². The third kappa shape index (κ3) is 3.87. The van der Waals surface area contributed by atoms with E-state index in [0.717, 1.165) is 35.8 Å². The third-order valence-corrected chi connectivity index (χ3v) is 7.04. The lowest BCUT2D eigenvalue weighted by atomic mass is 10.0. The highest BCUT2D eigenvalue weighted by Gasteiger charge is 2.46. The molecule has 1 aliphatic carbocycles. The van der Waals surface area contributed by atoms with Crippen LogP contribution < -0.4 is 10.9 Å². The molecule has 6 rings (SSSR count). The molecule has 4 heterocycles. The lowest BCUT2D eigenvalue weighted by molar-refractivity contribution is 0.0920. The Labute approximate surface area is 207 Å². The lowest BCUT2D eigenvalue weighted by Gasteiger charge is -2.18. The van der Waals surface area contributed by atoms with Gasteiger partial charge in [0.15, 0.2) is 5.65 Å². The minimum absolute atomic E-state index is 0.0229. The van der Waals surface area contributed by atoms with E-state index in [1.165, 1.54) is 0 Å². The van der Waals surface area contributed by atoms with Gasteiger partial charge in [-0.15, -0.1) is 0 Å². The zero-order valence-corrected chi connectivity index (χ0v) is 20.2. The normalized spacial score (nSPS) is 18.6. The van der Waals surface area contributed by atoms with Crippen LogP contribution in [0.3, 0.4) is 0 Å². The van der Waals surface area contributed by atoms with E-state index in [2.05, 4.69) is 25.4 Å². The molecule has 1 saturated heterocycles. The zero-order valence-electron chi connectivity index (χ0n) is 20.2. The van der Waals surface area contributed by atoms with Crippen LogP contribution in [0, 0.1) is 0 Å². The number of aromatic nitrogens is 6. The zero-order chi connectivity index (χ0) is 24.9. The quantitative estimate of drug-likeness (QED) is 0.446. The summed E-state index contributed by atoms with van der Waals surface area (Å²) in [5.74, 6) is -0.191. The maximum atomic E-state index is 13.1. The van der Waals surface area contributed by atoms with Crippen LogP contribution in [-0.2, 0) is 10.3 Å². The van der Waals surface area contributed by atoms with Crippen molar-refractivity contribution in [3.05, 3.63) is 70.9 Å². The molecule has 2 aliphatic rings. The summed E-state index contributed by atoms with van der Waals surface area (Å²) in [6.45, 7) is 5.22. The van der Waals surface area contributed by atoms with Gasteiger partial charge in [-0.2, -0.15) is 5.10 Å². The van der Waals surface area contributed by atoms with E-state index < -0.39 is 5.54 Å². The van der Waals surface area contributed by atoms with Crippen molar-refractivity contribution < 1.29 is 9.53 Å². The van der Waals surface area contributed by atoms with Crippen LogP contribution in [-0.4, -0.2) is 48.4 Å². The van der Waals surface area contributed by atoms with E-state index in [4.69, 9.17) is 4.74 Å². The van der Waals surface area contributed by atoms with Crippen molar-refractivity contribution in [3.8, 4) is 11.1 Å². The van der Waals surface area contributed by atoms with E-state index in [1.54, 1.807) is 34.2 Å². The number of benzene rings is 1. The first kappa shape index (κ1) is 22.5. The number of carbonyl (C=O) groups excluding carboxylic acids is 1. The number of hydrogen-bond acceptors (Lipinski definition) is 7. The third-order valence-electron chi connectivity index (χ3n) is 7.04. The molecule has 0 bridgehead atoms. The smallest absolute Gasteiger partial charge is 0.289 e. The lowest BCUT2D eigenvalue weighted by Crippen LogP contribution is -2.36. The van der Waals surface area contributed by atoms with Crippen LogP contribution in [0.2, 0.25) is 0 Å². The van der Waals surface area contributed by atoms with Crippen LogP contribution in [0.5, 0.6) is 0 Å². The molecular formula is C26H27N7O3. The maximum Gasteiger partial charge on any atom is 0.289 e. The molecule has 10 heteroatoms. The summed E-state index contributed by atoms with van der Waals surface area (Å²) in [7, 11) is 0. The highest BCUT2D eigenvalue weighted by atomic mass is 16.5. The summed E-state index contributed by atoms with van der Waals surface area (Å²) in [6.07, 6.45) is 8.99. The Morgan fingerprint density at radius 2 is 1.97 bits per heavy atom. The molecule has 1 aromatic carbocycles. The van der Waals surface area contributed by atoms with Gasteiger partial charge in [0.2, 0.25) is 5.82 Å². The van der Waals surface area contributed by atoms with Crippen LogP contribution in [0.25, 0.3) is 22.2 Å². The average molecular weight is 486 g/mol. The summed E-state index contributed by atoms with van der Waals surface area (Å²) in [5.41, 5.74) is 2.45. The average Bonchev–Trinajstić information content (AvgIpc) is 3.28. The monoisotopic (exact) mass is 485 g/mol. The molecule has 1 amide bonds. The molecule has 36 heavy (non-hydrogen) atoms. The fraction of sp³-hybridized carbons (Fsp3) is 0.385. The van der Waals surface area contributed by atoms with Crippen molar-refractivity contribution in [1.82, 2.24) is 34.6 Å². The van der Waals surface area contributed by atoms with Crippen molar-refractivity contribution in [3.63, 3.8) is 0 Å². The van der Waals surface area contributed by atoms with Crippen molar-refractivity contribution in [2.45, 2.75) is 50.7 Å². The number of fused-ring (bicyclic) bond motifs is 1. The van der Waals surface area contributed by atoms with Gasteiger partial charge in [-0.05, 0) is 44.2 Å². The molecule has 0 spiro atoms. The molecule has 1 aliphatic heterocycles. The van der Waals surface area contributed by atoms with Crippen molar-refractivity contribution in [2.75, 3.05) is 13.2 Å². The summed E-state index contributed by atoms with van der Waals surface area (Å²) in [5, 5.41) is 8.28. The molecule has 0 radical (unpaired) electrons. The van der Waals surface area contributed by atoms with Crippen molar-refractivity contribution >= 4 is 16.9 Å². The SMILES string of the molecule is CC(C)n1ncc2cnc(C(=O)NC3(c4ccc(-c5cncn([C@@H]6CCOC6)c5=O)cc4)CC3)nc21. The first-order valence-electron chi connectivity index (χ1n) is 12.2. The number of hydrogen-bond donors (Lipinski definition) is 1. The highest BCUT2D eigenvalue weighted by Crippen LogP contribution is 2.46. The van der Waals surface area contributed by atoms with Gasteiger partial charge in [0.1, 0.15) is 0 Å². The van der Waals surface area contributed by atoms with Gasteiger partial charge in [-0.25, -0.2) is 19.6 Å². The fourth-order valence-electron chi connectivity index (χ4n) is 4.80. The molecule has 0 unspecified atom stereocenters. The number of rotatable bonds is 6. The number of ether oxygens (including phenoxy) is 1. The molecule has 184 valence electrons. The molecule has 4 aromatic rings. The first-order chi connectivity index (χ1) is 17.4. The predicted molar refractivity (Wildman–Crippen MR) is 132 cm³/mol. The topological polar surface area (TPSA) is 117 Å². The van der Waals surface area contributed by atoms with Crippen LogP contribution in [0.4, 0.5) is 0 Å². The van der Waals surface area contributed by atoms with Crippen molar-refractivity contribution in [1.29, 1.82) is 0 Å². The summed E-state index contributed by atoms with van der Waals surface area (Å²) in [4.78, 5) is 39.2. The summed E-state index contributed by atoms with van der Waals surface area (Å²) < 4.78 is 8.88. The van der Waals surface area contributed by atoms with Gasteiger partial charge in [-0.3, -0.25) is 14.2 Å². The Morgan fingerprint density at radius 3 is 2.67 bits per heavy atom. The minimum atomic E-state index is -0.456. The number of nitrogens with zero attached hydrogens (tertiary/aromatic N) is 6. The molecule has 1 N–H and O–H groups in total. The van der Waals surface area contributed by atoms with E-state index in [-0.39, 0.29) is 29.4 Å². The van der Waals surface area contributed by atoms with Gasteiger partial charge >= 0.3 is 0 Å². The van der Waals surface area contributed by atoms with Crippen LogP contribution in [0.15, 0.2) is 54.0 Å².